The van der Waals surface area contributed by atoms with E-state index in [1.165, 1.54) is 16.0 Å². The molecule has 0 fully saturated rings. The molecular formula is C20H19BrN2OS. The Hall–Kier alpha value is -1.95. The molecule has 128 valence electrons. The Morgan fingerprint density at radius 2 is 1.92 bits per heavy atom. The second-order valence-corrected chi connectivity index (χ2v) is 7.62. The van der Waals surface area contributed by atoms with E-state index in [4.69, 9.17) is 0 Å². The molecule has 0 radical (unpaired) electrons. The number of hydrogen-bond acceptors (Lipinski definition) is 3. The van der Waals surface area contributed by atoms with Crippen molar-refractivity contribution >= 4 is 38.9 Å². The van der Waals surface area contributed by atoms with Gasteiger partial charge in [-0.05, 0) is 47.2 Å². The molecule has 2 N–H and O–H groups in total. The van der Waals surface area contributed by atoms with Crippen LogP contribution in [0.2, 0.25) is 0 Å². The van der Waals surface area contributed by atoms with E-state index < -0.39 is 0 Å². The van der Waals surface area contributed by atoms with Gasteiger partial charge in [0.25, 0.3) is 0 Å². The third-order valence-corrected chi connectivity index (χ3v) is 5.32. The third-order valence-electron chi connectivity index (χ3n) is 3.80. The smallest absolute Gasteiger partial charge is 0.238 e. The summed E-state index contributed by atoms with van der Waals surface area (Å²) in [7, 11) is 0. The maximum Gasteiger partial charge on any atom is 0.238 e. The second kappa shape index (κ2) is 8.43. The summed E-state index contributed by atoms with van der Waals surface area (Å²) in [6.07, 6.45) is 0. The molecule has 0 aliphatic rings. The van der Waals surface area contributed by atoms with Gasteiger partial charge in [-0.15, -0.1) is 11.3 Å². The fourth-order valence-corrected chi connectivity index (χ4v) is 3.75. The van der Waals surface area contributed by atoms with Gasteiger partial charge in [0.05, 0.1) is 6.54 Å². The molecule has 2 aromatic carbocycles. The summed E-state index contributed by atoms with van der Waals surface area (Å²) in [5.74, 6) is -0.0419. The van der Waals surface area contributed by atoms with Crippen molar-refractivity contribution in [2.24, 2.45) is 0 Å². The highest BCUT2D eigenvalue weighted by Crippen LogP contribution is 2.26. The first-order chi connectivity index (χ1) is 12.1. The summed E-state index contributed by atoms with van der Waals surface area (Å²) in [6.45, 7) is 2.93. The molecule has 25 heavy (non-hydrogen) atoms. The number of amides is 1. The number of carbonyl (C=O) groups excluding carboxylic acids is 1. The van der Waals surface area contributed by atoms with Gasteiger partial charge >= 0.3 is 0 Å². The zero-order valence-electron chi connectivity index (χ0n) is 13.9. The van der Waals surface area contributed by atoms with Gasteiger partial charge in [-0.3, -0.25) is 4.79 Å². The lowest BCUT2D eigenvalue weighted by Gasteiger charge is -2.09. The number of nitrogens with one attached hydrogen (secondary N) is 2. The van der Waals surface area contributed by atoms with E-state index in [0.29, 0.717) is 6.54 Å². The number of rotatable bonds is 6. The summed E-state index contributed by atoms with van der Waals surface area (Å²) >= 11 is 5.15. The molecule has 0 aliphatic heterocycles. The predicted molar refractivity (Wildman–Crippen MR) is 109 cm³/mol. The number of halogens is 1. The average molecular weight is 415 g/mol. The Morgan fingerprint density at radius 1 is 1.12 bits per heavy atom. The van der Waals surface area contributed by atoms with Crippen LogP contribution in [0.3, 0.4) is 0 Å². The second-order valence-electron chi connectivity index (χ2n) is 5.80. The van der Waals surface area contributed by atoms with Crippen molar-refractivity contribution in [1.29, 1.82) is 0 Å². The largest absolute Gasteiger partial charge is 0.325 e. The lowest BCUT2D eigenvalue weighted by molar-refractivity contribution is -0.115. The standard InChI is InChI=1S/C20H19BrN2OS/c1-14-7-8-17(21)10-18(14)23-20(24)12-22-11-15-9-19(25-13-15)16-5-3-2-4-6-16/h2-10,13,22H,11-12H2,1H3,(H,23,24). The van der Waals surface area contributed by atoms with E-state index in [0.717, 1.165) is 15.7 Å². The molecule has 5 heteroatoms. The number of benzene rings is 2. The maximum atomic E-state index is 12.1. The quantitative estimate of drug-likeness (QED) is 0.580. The van der Waals surface area contributed by atoms with E-state index in [1.807, 2.05) is 43.3 Å². The first kappa shape index (κ1) is 17.9. The van der Waals surface area contributed by atoms with Crippen LogP contribution in [-0.4, -0.2) is 12.5 Å². The lowest BCUT2D eigenvalue weighted by Crippen LogP contribution is -2.27. The predicted octanol–water partition coefficient (Wildman–Crippen LogP) is 5.21. The van der Waals surface area contributed by atoms with Gasteiger partial charge in [0.15, 0.2) is 0 Å². The molecule has 0 spiro atoms. The number of thiophene rings is 1. The van der Waals surface area contributed by atoms with Gasteiger partial charge < -0.3 is 10.6 Å². The van der Waals surface area contributed by atoms with Crippen LogP contribution in [0.1, 0.15) is 11.1 Å². The molecule has 3 rings (SSSR count). The molecule has 1 aromatic heterocycles. The van der Waals surface area contributed by atoms with Crippen LogP contribution in [0.4, 0.5) is 5.69 Å². The van der Waals surface area contributed by atoms with Crippen LogP contribution in [0.5, 0.6) is 0 Å². The van der Waals surface area contributed by atoms with Crippen molar-refractivity contribution in [3.8, 4) is 10.4 Å². The van der Waals surface area contributed by atoms with E-state index in [2.05, 4.69) is 50.1 Å². The molecule has 0 saturated heterocycles. The highest BCUT2D eigenvalue weighted by atomic mass is 79.9. The molecule has 3 nitrogen and oxygen atoms in total. The Kier molecular flexibility index (Phi) is 6.02. The van der Waals surface area contributed by atoms with Crippen molar-refractivity contribution in [1.82, 2.24) is 5.32 Å². The van der Waals surface area contributed by atoms with Crippen molar-refractivity contribution < 1.29 is 4.79 Å². The van der Waals surface area contributed by atoms with Gasteiger partial charge in [-0.2, -0.15) is 0 Å². The summed E-state index contributed by atoms with van der Waals surface area (Å²) in [5.41, 5.74) is 4.29. The van der Waals surface area contributed by atoms with Crippen LogP contribution >= 0.6 is 27.3 Å². The Morgan fingerprint density at radius 3 is 2.72 bits per heavy atom. The molecule has 0 unspecified atom stereocenters. The number of aryl methyl sites for hydroxylation is 1. The number of hydrogen-bond donors (Lipinski definition) is 2. The molecule has 1 amide bonds. The van der Waals surface area contributed by atoms with Crippen molar-refractivity contribution in [2.75, 3.05) is 11.9 Å². The van der Waals surface area contributed by atoms with Crippen LogP contribution in [0.15, 0.2) is 64.5 Å². The summed E-state index contributed by atoms with van der Waals surface area (Å²) in [5, 5.41) is 8.27. The zero-order chi connectivity index (χ0) is 17.6. The van der Waals surface area contributed by atoms with Crippen LogP contribution < -0.4 is 10.6 Å². The van der Waals surface area contributed by atoms with E-state index in [-0.39, 0.29) is 12.5 Å². The summed E-state index contributed by atoms with van der Waals surface area (Å²) < 4.78 is 0.952. The van der Waals surface area contributed by atoms with Gasteiger partial charge in [0.2, 0.25) is 5.91 Å². The average Bonchev–Trinajstić information content (AvgIpc) is 3.08. The molecular weight excluding hydrogens is 396 g/mol. The molecule has 3 aromatic rings. The van der Waals surface area contributed by atoms with Crippen LogP contribution in [-0.2, 0) is 11.3 Å². The van der Waals surface area contributed by atoms with E-state index >= 15 is 0 Å². The van der Waals surface area contributed by atoms with Gasteiger partial charge in [0.1, 0.15) is 0 Å². The van der Waals surface area contributed by atoms with Crippen LogP contribution in [0.25, 0.3) is 10.4 Å². The number of carbonyl (C=O) groups is 1. The van der Waals surface area contributed by atoms with Gasteiger partial charge in [-0.1, -0.05) is 52.3 Å². The minimum atomic E-state index is -0.0419. The highest BCUT2D eigenvalue weighted by Gasteiger charge is 2.06. The Balaban J connectivity index is 1.50. The number of anilines is 1. The topological polar surface area (TPSA) is 41.1 Å². The van der Waals surface area contributed by atoms with E-state index in [9.17, 15) is 4.79 Å². The molecule has 1 heterocycles. The monoisotopic (exact) mass is 414 g/mol. The van der Waals surface area contributed by atoms with E-state index in [1.54, 1.807) is 11.3 Å². The molecule has 0 bridgehead atoms. The molecule has 0 atom stereocenters. The van der Waals surface area contributed by atoms with Gasteiger partial charge in [0, 0.05) is 21.6 Å². The lowest BCUT2D eigenvalue weighted by atomic mass is 10.2. The van der Waals surface area contributed by atoms with Crippen molar-refractivity contribution in [3.63, 3.8) is 0 Å². The summed E-state index contributed by atoms with van der Waals surface area (Å²) in [4.78, 5) is 13.3. The summed E-state index contributed by atoms with van der Waals surface area (Å²) in [6, 6.07) is 18.3. The van der Waals surface area contributed by atoms with Gasteiger partial charge in [-0.25, -0.2) is 0 Å². The first-order valence-corrected chi connectivity index (χ1v) is 9.68. The normalized spacial score (nSPS) is 10.6. The first-order valence-electron chi connectivity index (χ1n) is 8.01. The SMILES string of the molecule is Cc1ccc(Br)cc1NC(=O)CNCc1csc(-c2ccccc2)c1. The Labute approximate surface area is 160 Å². The molecule has 0 aliphatic carbocycles. The highest BCUT2D eigenvalue weighted by molar-refractivity contribution is 9.10. The minimum absolute atomic E-state index is 0.0419. The minimum Gasteiger partial charge on any atom is -0.325 e. The molecule has 0 saturated carbocycles. The fourth-order valence-electron chi connectivity index (χ4n) is 2.47. The third kappa shape index (κ3) is 5.01. The fraction of sp³-hybridized carbons (Fsp3) is 0.150. The Bertz CT molecular complexity index is 861. The maximum absolute atomic E-state index is 12.1. The van der Waals surface area contributed by atoms with Crippen molar-refractivity contribution in [3.05, 3.63) is 75.6 Å². The van der Waals surface area contributed by atoms with Crippen molar-refractivity contribution in [2.45, 2.75) is 13.5 Å². The van der Waals surface area contributed by atoms with Crippen LogP contribution in [0, 0.1) is 6.92 Å². The zero-order valence-corrected chi connectivity index (χ0v) is 16.3.